The van der Waals surface area contributed by atoms with Crippen molar-refractivity contribution in [3.63, 3.8) is 0 Å². The van der Waals surface area contributed by atoms with Gasteiger partial charge >= 0.3 is 6.16 Å². The van der Waals surface area contributed by atoms with Crippen LogP contribution in [0, 0.1) is 5.92 Å². The summed E-state index contributed by atoms with van der Waals surface area (Å²) in [4.78, 5) is 11.0. The normalized spacial score (nSPS) is 27.3. The Balaban J connectivity index is 2.54. The molecule has 86 valence electrons. The molecular formula is C12H20O3. The topological polar surface area (TPSA) is 35.5 Å². The van der Waals surface area contributed by atoms with Crippen LogP contribution < -0.4 is 0 Å². The Morgan fingerprint density at radius 2 is 2.20 bits per heavy atom. The molecule has 15 heavy (non-hydrogen) atoms. The number of methoxy groups -OCH3 is 1. The summed E-state index contributed by atoms with van der Waals surface area (Å²) in [5.41, 5.74) is 1.39. The molecular weight excluding hydrogens is 192 g/mol. The van der Waals surface area contributed by atoms with Crippen LogP contribution in [0.25, 0.3) is 0 Å². The van der Waals surface area contributed by atoms with E-state index in [4.69, 9.17) is 4.74 Å². The van der Waals surface area contributed by atoms with Gasteiger partial charge in [-0.05, 0) is 38.5 Å². The van der Waals surface area contributed by atoms with Gasteiger partial charge in [0, 0.05) is 0 Å². The molecule has 1 rings (SSSR count). The van der Waals surface area contributed by atoms with E-state index >= 15 is 0 Å². The van der Waals surface area contributed by atoms with E-state index in [2.05, 4.69) is 24.7 Å². The molecule has 0 radical (unpaired) electrons. The average Bonchev–Trinajstić information content (AvgIpc) is 2.21. The van der Waals surface area contributed by atoms with Crippen LogP contribution in [0.5, 0.6) is 0 Å². The van der Waals surface area contributed by atoms with E-state index < -0.39 is 6.16 Å². The van der Waals surface area contributed by atoms with Gasteiger partial charge in [-0.25, -0.2) is 4.79 Å². The number of allylic oxidation sites excluding steroid dienone is 2. The van der Waals surface area contributed by atoms with E-state index in [0.29, 0.717) is 5.92 Å². The summed E-state index contributed by atoms with van der Waals surface area (Å²) in [6.07, 6.45) is 5.78. The van der Waals surface area contributed by atoms with Crippen LogP contribution in [-0.4, -0.2) is 19.4 Å². The molecule has 0 saturated carbocycles. The summed E-state index contributed by atoms with van der Waals surface area (Å²) >= 11 is 0. The van der Waals surface area contributed by atoms with Crippen LogP contribution in [0.3, 0.4) is 0 Å². The maximum atomic E-state index is 11.0. The Labute approximate surface area is 91.4 Å². The lowest BCUT2D eigenvalue weighted by molar-refractivity contribution is 0.0106. The van der Waals surface area contributed by atoms with Crippen molar-refractivity contribution in [2.75, 3.05) is 7.11 Å². The number of ether oxygens (including phenoxy) is 2. The summed E-state index contributed by atoms with van der Waals surface area (Å²) in [6.45, 7) is 4.26. The quantitative estimate of drug-likeness (QED) is 0.494. The molecule has 0 aromatic rings. The van der Waals surface area contributed by atoms with Gasteiger partial charge in [0.2, 0.25) is 0 Å². The number of rotatable bonds is 1. The zero-order valence-electron chi connectivity index (χ0n) is 9.79. The molecule has 0 N–H and O–H groups in total. The first-order valence-corrected chi connectivity index (χ1v) is 5.53. The van der Waals surface area contributed by atoms with Crippen LogP contribution >= 0.6 is 0 Å². The third kappa shape index (κ3) is 3.94. The van der Waals surface area contributed by atoms with Crippen molar-refractivity contribution in [1.82, 2.24) is 0 Å². The standard InChI is InChI=1S/C12H20O3/c1-9-5-4-6-10(2)11(8-7-9)15-12(13)14-3/h5,10-11H,4,6-8H2,1-3H3. The van der Waals surface area contributed by atoms with E-state index in [1.165, 1.54) is 12.7 Å². The van der Waals surface area contributed by atoms with Gasteiger partial charge in [0.25, 0.3) is 0 Å². The second kappa shape index (κ2) is 5.79. The van der Waals surface area contributed by atoms with E-state index in [1.807, 2.05) is 0 Å². The van der Waals surface area contributed by atoms with Crippen LogP contribution in [0.1, 0.15) is 39.5 Å². The molecule has 0 bridgehead atoms. The molecule has 2 unspecified atom stereocenters. The Morgan fingerprint density at radius 3 is 2.87 bits per heavy atom. The third-order valence-electron chi connectivity index (χ3n) is 2.99. The van der Waals surface area contributed by atoms with Gasteiger partial charge in [-0.2, -0.15) is 0 Å². The zero-order valence-corrected chi connectivity index (χ0v) is 9.79. The minimum absolute atomic E-state index is 0.00102. The van der Waals surface area contributed by atoms with Crippen molar-refractivity contribution in [3.05, 3.63) is 11.6 Å². The Morgan fingerprint density at radius 1 is 1.47 bits per heavy atom. The van der Waals surface area contributed by atoms with Gasteiger partial charge in [0.05, 0.1) is 7.11 Å². The highest BCUT2D eigenvalue weighted by molar-refractivity contribution is 5.59. The number of carbonyl (C=O) groups excluding carboxylic acids is 1. The lowest BCUT2D eigenvalue weighted by atomic mass is 9.90. The predicted molar refractivity (Wildman–Crippen MR) is 58.7 cm³/mol. The molecule has 1 aliphatic carbocycles. The van der Waals surface area contributed by atoms with Gasteiger partial charge in [0.15, 0.2) is 0 Å². The highest BCUT2D eigenvalue weighted by Gasteiger charge is 2.22. The maximum absolute atomic E-state index is 11.0. The number of hydrogen-bond donors (Lipinski definition) is 0. The first kappa shape index (κ1) is 12.1. The summed E-state index contributed by atoms with van der Waals surface area (Å²) < 4.78 is 9.77. The third-order valence-corrected chi connectivity index (χ3v) is 2.99. The van der Waals surface area contributed by atoms with Crippen molar-refractivity contribution >= 4 is 6.16 Å². The molecule has 0 fully saturated rings. The highest BCUT2D eigenvalue weighted by Crippen LogP contribution is 2.24. The van der Waals surface area contributed by atoms with Gasteiger partial charge < -0.3 is 9.47 Å². The second-order valence-corrected chi connectivity index (χ2v) is 4.25. The van der Waals surface area contributed by atoms with Crippen LogP contribution in [-0.2, 0) is 9.47 Å². The van der Waals surface area contributed by atoms with Crippen molar-refractivity contribution < 1.29 is 14.3 Å². The molecule has 0 spiro atoms. The fourth-order valence-electron chi connectivity index (χ4n) is 1.88. The van der Waals surface area contributed by atoms with Crippen molar-refractivity contribution in [3.8, 4) is 0 Å². The summed E-state index contributed by atoms with van der Waals surface area (Å²) in [5, 5.41) is 0. The Kier molecular flexibility index (Phi) is 4.66. The first-order chi connectivity index (χ1) is 7.13. The van der Waals surface area contributed by atoms with Crippen molar-refractivity contribution in [1.29, 1.82) is 0 Å². The van der Waals surface area contributed by atoms with Crippen molar-refractivity contribution in [2.45, 2.75) is 45.6 Å². The minimum Gasteiger partial charge on any atom is -0.438 e. The molecule has 0 heterocycles. The molecule has 3 nitrogen and oxygen atoms in total. The van der Waals surface area contributed by atoms with E-state index in [1.54, 1.807) is 0 Å². The maximum Gasteiger partial charge on any atom is 0.508 e. The number of hydrogen-bond acceptors (Lipinski definition) is 3. The molecule has 2 atom stereocenters. The Bertz CT molecular complexity index is 245. The Hall–Kier alpha value is -0.990. The fraction of sp³-hybridized carbons (Fsp3) is 0.750. The zero-order chi connectivity index (χ0) is 11.3. The average molecular weight is 212 g/mol. The number of carbonyl (C=O) groups is 1. The smallest absolute Gasteiger partial charge is 0.438 e. The van der Waals surface area contributed by atoms with Crippen LogP contribution in [0.2, 0.25) is 0 Å². The van der Waals surface area contributed by atoms with E-state index in [0.717, 1.165) is 25.7 Å². The second-order valence-electron chi connectivity index (χ2n) is 4.25. The fourth-order valence-corrected chi connectivity index (χ4v) is 1.88. The lowest BCUT2D eigenvalue weighted by Crippen LogP contribution is -2.26. The van der Waals surface area contributed by atoms with E-state index in [9.17, 15) is 4.79 Å². The predicted octanol–water partition coefficient (Wildman–Crippen LogP) is 3.29. The van der Waals surface area contributed by atoms with E-state index in [-0.39, 0.29) is 6.10 Å². The minimum atomic E-state index is -0.561. The van der Waals surface area contributed by atoms with Crippen molar-refractivity contribution in [2.24, 2.45) is 5.92 Å². The van der Waals surface area contributed by atoms with Gasteiger partial charge in [-0.3, -0.25) is 0 Å². The summed E-state index contributed by atoms with van der Waals surface area (Å²) in [7, 11) is 1.35. The first-order valence-electron chi connectivity index (χ1n) is 5.53. The van der Waals surface area contributed by atoms with Gasteiger partial charge in [0.1, 0.15) is 6.10 Å². The van der Waals surface area contributed by atoms with Crippen LogP contribution in [0.15, 0.2) is 11.6 Å². The van der Waals surface area contributed by atoms with Gasteiger partial charge in [-0.1, -0.05) is 18.6 Å². The van der Waals surface area contributed by atoms with Gasteiger partial charge in [-0.15, -0.1) is 0 Å². The molecule has 0 aliphatic heterocycles. The largest absolute Gasteiger partial charge is 0.508 e. The molecule has 3 heteroatoms. The molecule has 0 aromatic carbocycles. The molecule has 1 aliphatic rings. The SMILES string of the molecule is COC(=O)OC1CCC(C)=CCCC1C. The highest BCUT2D eigenvalue weighted by atomic mass is 16.7. The molecule has 0 amide bonds. The summed E-state index contributed by atoms with van der Waals surface area (Å²) in [5.74, 6) is 0.411. The van der Waals surface area contributed by atoms with Crippen LogP contribution in [0.4, 0.5) is 4.79 Å². The summed E-state index contributed by atoms with van der Waals surface area (Å²) in [6, 6.07) is 0. The molecule has 0 aromatic heterocycles. The lowest BCUT2D eigenvalue weighted by Gasteiger charge is -2.25. The molecule has 0 saturated heterocycles. The monoisotopic (exact) mass is 212 g/mol.